The number of benzene rings is 1. The van der Waals surface area contributed by atoms with Crippen LogP contribution in [0, 0.1) is 0 Å². The molecule has 2 rings (SSSR count). The quantitative estimate of drug-likeness (QED) is 0.691. The van der Waals surface area contributed by atoms with Gasteiger partial charge in [-0.3, -0.25) is 10.1 Å². The van der Waals surface area contributed by atoms with Crippen LogP contribution in [0.2, 0.25) is 0 Å². The van der Waals surface area contributed by atoms with Crippen molar-refractivity contribution in [1.29, 1.82) is 0 Å². The van der Waals surface area contributed by atoms with Crippen LogP contribution in [0.1, 0.15) is 5.69 Å². The van der Waals surface area contributed by atoms with Crippen molar-refractivity contribution in [2.24, 2.45) is 4.99 Å². The predicted octanol–water partition coefficient (Wildman–Crippen LogP) is 2.16. The average Bonchev–Trinajstić information content (AvgIpc) is 2.69. The number of nitrogens with zero attached hydrogens (tertiary/aromatic N) is 2. The van der Waals surface area contributed by atoms with Crippen LogP contribution < -0.4 is 0 Å². The summed E-state index contributed by atoms with van der Waals surface area (Å²) < 4.78 is 0. The van der Waals surface area contributed by atoms with E-state index in [9.17, 15) is 0 Å². The highest BCUT2D eigenvalue weighted by Gasteiger charge is 1.86. The van der Waals surface area contributed by atoms with Gasteiger partial charge in [-0.15, -0.1) is 0 Å². The maximum absolute atomic E-state index is 4.25. The Morgan fingerprint density at radius 3 is 2.69 bits per heavy atom. The molecule has 1 aromatic heterocycles. The predicted molar refractivity (Wildman–Crippen MR) is 52.3 cm³/mol. The van der Waals surface area contributed by atoms with Gasteiger partial charge in [0.15, 0.2) is 0 Å². The van der Waals surface area contributed by atoms with Gasteiger partial charge in [-0.2, -0.15) is 5.10 Å². The van der Waals surface area contributed by atoms with Gasteiger partial charge in [-0.1, -0.05) is 18.2 Å². The highest BCUT2D eigenvalue weighted by atomic mass is 15.1. The fraction of sp³-hybridized carbons (Fsp3) is 0. The summed E-state index contributed by atoms with van der Waals surface area (Å²) in [6.07, 6.45) is 3.45. The van der Waals surface area contributed by atoms with E-state index in [1.165, 1.54) is 0 Å². The SMILES string of the molecule is C(=N\c1ccccc1)/c1ccn[nH]1. The topological polar surface area (TPSA) is 41.0 Å². The van der Waals surface area contributed by atoms with Crippen molar-refractivity contribution in [3.05, 3.63) is 48.3 Å². The monoisotopic (exact) mass is 171 g/mol. The molecule has 1 N–H and O–H groups in total. The van der Waals surface area contributed by atoms with Crippen LogP contribution in [-0.4, -0.2) is 16.4 Å². The average molecular weight is 171 g/mol. The molecule has 0 aliphatic heterocycles. The van der Waals surface area contributed by atoms with Crippen molar-refractivity contribution < 1.29 is 0 Å². The van der Waals surface area contributed by atoms with Crippen molar-refractivity contribution in [1.82, 2.24) is 10.2 Å². The van der Waals surface area contributed by atoms with Crippen molar-refractivity contribution in [3.8, 4) is 0 Å². The molecule has 0 aliphatic rings. The summed E-state index contributed by atoms with van der Waals surface area (Å²) >= 11 is 0. The van der Waals surface area contributed by atoms with Gasteiger partial charge >= 0.3 is 0 Å². The van der Waals surface area contributed by atoms with Crippen LogP contribution in [-0.2, 0) is 0 Å². The lowest BCUT2D eigenvalue weighted by Crippen LogP contribution is -1.78. The molecular weight excluding hydrogens is 162 g/mol. The smallest absolute Gasteiger partial charge is 0.0760 e. The van der Waals surface area contributed by atoms with Gasteiger partial charge in [0, 0.05) is 6.20 Å². The van der Waals surface area contributed by atoms with Crippen molar-refractivity contribution in [3.63, 3.8) is 0 Å². The first-order valence-corrected chi connectivity index (χ1v) is 4.03. The van der Waals surface area contributed by atoms with E-state index in [1.54, 1.807) is 12.4 Å². The molecule has 0 unspecified atom stereocenters. The van der Waals surface area contributed by atoms with E-state index in [0.717, 1.165) is 11.4 Å². The van der Waals surface area contributed by atoms with Crippen LogP contribution in [0.4, 0.5) is 5.69 Å². The molecular formula is C10H9N3. The van der Waals surface area contributed by atoms with Gasteiger partial charge in [0.1, 0.15) is 0 Å². The molecule has 0 fully saturated rings. The molecule has 1 aromatic carbocycles. The van der Waals surface area contributed by atoms with Crippen LogP contribution in [0.3, 0.4) is 0 Å². The molecule has 0 saturated carbocycles. The van der Waals surface area contributed by atoms with E-state index in [2.05, 4.69) is 15.2 Å². The highest BCUT2D eigenvalue weighted by molar-refractivity contribution is 5.79. The molecule has 3 heteroatoms. The summed E-state index contributed by atoms with van der Waals surface area (Å²) in [5.41, 5.74) is 1.85. The molecule has 0 bridgehead atoms. The van der Waals surface area contributed by atoms with E-state index < -0.39 is 0 Å². The number of para-hydroxylation sites is 1. The van der Waals surface area contributed by atoms with E-state index in [0.29, 0.717) is 0 Å². The summed E-state index contributed by atoms with van der Waals surface area (Å²) in [5.74, 6) is 0. The number of nitrogens with one attached hydrogen (secondary N) is 1. The normalized spacial score (nSPS) is 10.8. The Balaban J connectivity index is 2.15. The Bertz CT molecular complexity index is 376. The van der Waals surface area contributed by atoms with E-state index in [1.807, 2.05) is 36.4 Å². The number of aromatic nitrogens is 2. The highest BCUT2D eigenvalue weighted by Crippen LogP contribution is 2.08. The Morgan fingerprint density at radius 1 is 1.15 bits per heavy atom. The van der Waals surface area contributed by atoms with Gasteiger partial charge in [0.2, 0.25) is 0 Å². The first-order valence-electron chi connectivity index (χ1n) is 4.03. The molecule has 2 aromatic rings. The van der Waals surface area contributed by atoms with Crippen LogP contribution in [0.15, 0.2) is 47.6 Å². The Hall–Kier alpha value is -1.90. The molecule has 0 aliphatic carbocycles. The zero-order chi connectivity index (χ0) is 8.93. The zero-order valence-corrected chi connectivity index (χ0v) is 7.01. The minimum Gasteiger partial charge on any atom is -0.277 e. The third-order valence-corrected chi connectivity index (χ3v) is 1.63. The summed E-state index contributed by atoms with van der Waals surface area (Å²) in [6.45, 7) is 0. The molecule has 0 amide bonds. The number of aromatic amines is 1. The molecule has 1 heterocycles. The lowest BCUT2D eigenvalue weighted by Gasteiger charge is -1.89. The first kappa shape index (κ1) is 7.73. The first-order chi connectivity index (χ1) is 6.45. The van der Waals surface area contributed by atoms with Gasteiger partial charge in [0.25, 0.3) is 0 Å². The lowest BCUT2D eigenvalue weighted by atomic mass is 10.3. The van der Waals surface area contributed by atoms with Gasteiger partial charge in [-0.25, -0.2) is 0 Å². The number of hydrogen-bond donors (Lipinski definition) is 1. The summed E-state index contributed by atoms with van der Waals surface area (Å²) in [6, 6.07) is 11.7. The maximum Gasteiger partial charge on any atom is 0.0760 e. The second-order valence-electron chi connectivity index (χ2n) is 2.61. The zero-order valence-electron chi connectivity index (χ0n) is 7.01. The minimum absolute atomic E-state index is 0.906. The second kappa shape index (κ2) is 3.67. The third-order valence-electron chi connectivity index (χ3n) is 1.63. The number of hydrogen-bond acceptors (Lipinski definition) is 2. The molecule has 64 valence electrons. The third kappa shape index (κ3) is 2.02. The Kier molecular flexibility index (Phi) is 2.18. The second-order valence-corrected chi connectivity index (χ2v) is 2.61. The maximum atomic E-state index is 4.25. The van der Waals surface area contributed by atoms with Crippen LogP contribution in [0.25, 0.3) is 0 Å². The van der Waals surface area contributed by atoms with Crippen molar-refractivity contribution in [2.75, 3.05) is 0 Å². The number of rotatable bonds is 2. The van der Waals surface area contributed by atoms with Gasteiger partial charge in [0.05, 0.1) is 17.6 Å². The Labute approximate surface area is 76.1 Å². The molecule has 3 nitrogen and oxygen atoms in total. The molecule has 0 spiro atoms. The van der Waals surface area contributed by atoms with Crippen molar-refractivity contribution in [2.45, 2.75) is 0 Å². The van der Waals surface area contributed by atoms with Crippen LogP contribution >= 0.6 is 0 Å². The van der Waals surface area contributed by atoms with Gasteiger partial charge in [-0.05, 0) is 18.2 Å². The van der Waals surface area contributed by atoms with Crippen LogP contribution in [0.5, 0.6) is 0 Å². The van der Waals surface area contributed by atoms with E-state index in [4.69, 9.17) is 0 Å². The summed E-state index contributed by atoms with van der Waals surface area (Å²) in [7, 11) is 0. The van der Waals surface area contributed by atoms with Gasteiger partial charge < -0.3 is 0 Å². The fourth-order valence-corrected chi connectivity index (χ4v) is 0.997. The largest absolute Gasteiger partial charge is 0.277 e. The molecule has 0 atom stereocenters. The molecule has 13 heavy (non-hydrogen) atoms. The standard InChI is InChI=1S/C10H9N3/c1-2-4-9(5-3-1)11-8-10-6-7-12-13-10/h1-8H,(H,12,13)/b11-8+. The lowest BCUT2D eigenvalue weighted by molar-refractivity contribution is 1.08. The summed E-state index contributed by atoms with van der Waals surface area (Å²) in [4.78, 5) is 4.25. The Morgan fingerprint density at radius 2 is 2.00 bits per heavy atom. The van der Waals surface area contributed by atoms with Crippen molar-refractivity contribution >= 4 is 11.9 Å². The fourth-order valence-electron chi connectivity index (χ4n) is 0.997. The van der Waals surface area contributed by atoms with E-state index in [-0.39, 0.29) is 0 Å². The molecule has 0 saturated heterocycles. The number of aliphatic imine (C=N–C) groups is 1. The van der Waals surface area contributed by atoms with E-state index >= 15 is 0 Å². The number of H-pyrrole nitrogens is 1. The molecule has 0 radical (unpaired) electrons. The summed E-state index contributed by atoms with van der Waals surface area (Å²) in [5, 5.41) is 6.63. The minimum atomic E-state index is 0.906.